The Balaban J connectivity index is 1.06. The third-order valence-electron chi connectivity index (χ3n) is 13.2. The molecule has 348 valence electrons. The first-order valence-electron chi connectivity index (χ1n) is 22.9. The zero-order chi connectivity index (χ0) is 46.2. The zero-order valence-corrected chi connectivity index (χ0v) is 40.5. The molecule has 4 aromatic heterocycles. The highest BCUT2D eigenvalue weighted by molar-refractivity contribution is 7.90. The number of carbonyl (C=O) groups is 2. The van der Waals surface area contributed by atoms with E-state index >= 15 is 0 Å². The van der Waals surface area contributed by atoms with Crippen LogP contribution >= 0.6 is 11.3 Å². The highest BCUT2D eigenvalue weighted by atomic mass is 32.2. The van der Waals surface area contributed by atoms with E-state index in [0.29, 0.717) is 53.6 Å². The number of aromatic nitrogens is 6. The number of benzene rings is 1. The summed E-state index contributed by atoms with van der Waals surface area (Å²) < 4.78 is 44.3. The fourth-order valence-electron chi connectivity index (χ4n) is 11.5. The summed E-state index contributed by atoms with van der Waals surface area (Å²) in [5, 5.41) is 17.3. The molecule has 5 aromatic rings. The number of thiazole rings is 1. The number of ketones is 1. The number of pyridine rings is 1. The van der Waals surface area contributed by atoms with Crippen LogP contribution in [0.3, 0.4) is 0 Å². The summed E-state index contributed by atoms with van der Waals surface area (Å²) in [7, 11) is -4.00. The molecular weight excluding hydrogens is 863 g/mol. The smallest absolute Gasteiger partial charge is 0.283 e. The van der Waals surface area contributed by atoms with Crippen molar-refractivity contribution in [3.63, 3.8) is 0 Å². The molecule has 0 radical (unpaired) electrons. The van der Waals surface area contributed by atoms with Crippen molar-refractivity contribution < 1.29 is 27.5 Å². The molecule has 3 unspecified atom stereocenters. The van der Waals surface area contributed by atoms with E-state index in [1.807, 2.05) is 42.8 Å². The molecule has 2 bridgehead atoms. The Morgan fingerprint density at radius 3 is 2.45 bits per heavy atom. The van der Waals surface area contributed by atoms with Crippen LogP contribution in [0.15, 0.2) is 48.7 Å². The van der Waals surface area contributed by atoms with Crippen LogP contribution in [0.4, 0.5) is 10.9 Å². The van der Waals surface area contributed by atoms with Gasteiger partial charge in [0, 0.05) is 43.0 Å². The molecule has 3 aliphatic rings. The molecule has 15 nitrogen and oxygen atoms in total. The summed E-state index contributed by atoms with van der Waals surface area (Å²) in [6.07, 6.45) is 8.66. The molecular formula is C48H63N9O6S2. The van der Waals surface area contributed by atoms with Crippen LogP contribution in [-0.4, -0.2) is 106 Å². The maximum Gasteiger partial charge on any atom is 0.283 e. The molecule has 5 heterocycles. The van der Waals surface area contributed by atoms with Gasteiger partial charge in [0.25, 0.3) is 5.91 Å². The number of hydrogen-bond acceptors (Lipinski definition) is 14. The molecule has 17 heteroatoms. The van der Waals surface area contributed by atoms with E-state index in [2.05, 4.69) is 62.8 Å². The molecule has 1 saturated heterocycles. The molecule has 0 spiro atoms. The number of nitrogens with zero attached hydrogens (tertiary/aromatic N) is 7. The van der Waals surface area contributed by atoms with Gasteiger partial charge in [-0.1, -0.05) is 70.9 Å². The van der Waals surface area contributed by atoms with E-state index in [9.17, 15) is 18.0 Å². The number of hydrogen-bond donors (Lipinski definition) is 2. The number of anilines is 2. The average molecular weight is 926 g/mol. The van der Waals surface area contributed by atoms with Gasteiger partial charge in [0.15, 0.2) is 10.9 Å². The molecule has 1 aromatic carbocycles. The number of sulfonamides is 1. The third kappa shape index (κ3) is 10.8. The van der Waals surface area contributed by atoms with E-state index in [1.165, 1.54) is 17.4 Å². The van der Waals surface area contributed by atoms with Crippen molar-refractivity contribution in [2.75, 3.05) is 50.5 Å². The van der Waals surface area contributed by atoms with Gasteiger partial charge in [0.05, 0.1) is 47.6 Å². The molecule has 1 amide bonds. The SMILES string of the molecule is CCCCCS(=O)(=O)NC(=O)c1nc(C(=O)c2cc(C)c(Nc3nc4ccccc4s3)nn2)ccc1-c1cnn(CC2(C)CC3(C)CC(C)(C)CC(OCCN4CCOCC4)(C2)C3)c1C. The molecule has 1 aliphatic heterocycles. The van der Waals surface area contributed by atoms with Gasteiger partial charge < -0.3 is 14.8 Å². The summed E-state index contributed by atoms with van der Waals surface area (Å²) in [5.41, 5.74) is 2.84. The van der Waals surface area contributed by atoms with E-state index < -0.39 is 21.7 Å². The van der Waals surface area contributed by atoms with Crippen molar-refractivity contribution in [2.24, 2.45) is 16.2 Å². The average Bonchev–Trinajstić information content (AvgIpc) is 3.81. The number of rotatable bonds is 17. The standard InChI is InChI=1S/C48H63N9O6S2/c1-8-9-12-23-65(60,61)55-43(59)40-34(15-16-37(50-40)41(58)38-24-32(2)42(54-53-38)52-44-51-36-13-10-11-14-39(36)64-44)35-25-49-57(33(35)3)31-47(7)28-46(6)26-45(4,5)27-48(29-46,30-47)63-22-19-56-17-20-62-21-18-56/h10-11,13-16,24-25H,8-9,12,17-23,26-31H2,1-7H3,(H,55,59)(H,51,52,54). The number of carbonyl (C=O) groups excluding carboxylic acids is 2. The molecule has 2 aliphatic carbocycles. The fourth-order valence-corrected chi connectivity index (χ4v) is 13.4. The van der Waals surface area contributed by atoms with Gasteiger partial charge in [-0.15, -0.1) is 10.2 Å². The maximum absolute atomic E-state index is 14.1. The van der Waals surface area contributed by atoms with E-state index in [-0.39, 0.29) is 44.7 Å². The summed E-state index contributed by atoms with van der Waals surface area (Å²) in [6, 6.07) is 12.6. The quantitative estimate of drug-likeness (QED) is 0.0672. The van der Waals surface area contributed by atoms with Crippen molar-refractivity contribution in [2.45, 2.75) is 112 Å². The number of amides is 1. The largest absolute Gasteiger partial charge is 0.379 e. The van der Waals surface area contributed by atoms with Crippen molar-refractivity contribution in [1.82, 2.24) is 39.6 Å². The van der Waals surface area contributed by atoms with Gasteiger partial charge in [-0.05, 0) is 105 Å². The molecule has 3 fully saturated rings. The highest BCUT2D eigenvalue weighted by Gasteiger charge is 2.58. The molecule has 2 N–H and O–H groups in total. The Hall–Kier alpha value is -4.68. The lowest BCUT2D eigenvalue weighted by molar-refractivity contribution is -0.195. The van der Waals surface area contributed by atoms with Gasteiger partial charge >= 0.3 is 0 Å². The highest BCUT2D eigenvalue weighted by Crippen LogP contribution is 2.63. The monoisotopic (exact) mass is 925 g/mol. The summed E-state index contributed by atoms with van der Waals surface area (Å²) in [5.74, 6) is -1.26. The second kappa shape index (κ2) is 18.5. The van der Waals surface area contributed by atoms with Crippen LogP contribution in [-0.2, 0) is 26.0 Å². The Morgan fingerprint density at radius 2 is 1.69 bits per heavy atom. The minimum Gasteiger partial charge on any atom is -0.379 e. The normalized spacial score (nSPS) is 23.4. The van der Waals surface area contributed by atoms with Crippen LogP contribution in [0.1, 0.15) is 124 Å². The van der Waals surface area contributed by atoms with Crippen molar-refractivity contribution in [3.05, 3.63) is 77.0 Å². The molecule has 65 heavy (non-hydrogen) atoms. The van der Waals surface area contributed by atoms with Crippen molar-refractivity contribution >= 4 is 54.2 Å². The van der Waals surface area contributed by atoms with Crippen LogP contribution < -0.4 is 10.0 Å². The van der Waals surface area contributed by atoms with Crippen molar-refractivity contribution in [3.8, 4) is 11.1 Å². The minimum atomic E-state index is -4.00. The molecule has 2 saturated carbocycles. The second-order valence-corrected chi connectivity index (χ2v) is 23.1. The minimum absolute atomic E-state index is 0.0190. The predicted octanol–water partition coefficient (Wildman–Crippen LogP) is 8.29. The van der Waals surface area contributed by atoms with Gasteiger partial charge in [-0.2, -0.15) is 5.10 Å². The van der Waals surface area contributed by atoms with Crippen LogP contribution in [0.25, 0.3) is 21.3 Å². The number of nitrogens with one attached hydrogen (secondary N) is 2. The topological polar surface area (TPSA) is 183 Å². The summed E-state index contributed by atoms with van der Waals surface area (Å²) >= 11 is 1.48. The Labute approximate surface area is 386 Å². The van der Waals surface area contributed by atoms with E-state index in [1.54, 1.807) is 25.3 Å². The number of para-hydroxylation sites is 1. The summed E-state index contributed by atoms with van der Waals surface area (Å²) in [4.78, 5) is 39.7. The number of ether oxygens (including phenoxy) is 2. The lowest BCUT2D eigenvalue weighted by atomic mass is 9.48. The summed E-state index contributed by atoms with van der Waals surface area (Å²) in [6.45, 7) is 20.8. The fraction of sp³-hybridized carbons (Fsp3) is 0.562. The third-order valence-corrected chi connectivity index (χ3v) is 15.5. The zero-order valence-electron chi connectivity index (χ0n) is 38.8. The van der Waals surface area contributed by atoms with Gasteiger partial charge in [-0.3, -0.25) is 19.2 Å². The Kier molecular flexibility index (Phi) is 13.4. The predicted molar refractivity (Wildman–Crippen MR) is 253 cm³/mol. The van der Waals surface area contributed by atoms with E-state index in [4.69, 9.17) is 14.6 Å². The molecule has 3 atom stereocenters. The number of morpholine rings is 1. The number of fused-ring (bicyclic) bond motifs is 3. The Bertz CT molecular complexity index is 2640. The lowest BCUT2D eigenvalue weighted by Crippen LogP contribution is -2.57. The second-order valence-electron chi connectivity index (χ2n) is 20.2. The van der Waals surface area contributed by atoms with Crippen LogP contribution in [0, 0.1) is 30.1 Å². The van der Waals surface area contributed by atoms with E-state index in [0.717, 1.165) is 87.3 Å². The maximum atomic E-state index is 14.1. The molecule has 8 rings (SSSR count). The first kappa shape index (κ1) is 46.8. The number of unbranched alkanes of at least 4 members (excludes halogenated alkanes) is 2. The first-order chi connectivity index (χ1) is 30.9. The first-order valence-corrected chi connectivity index (χ1v) is 25.4. The van der Waals surface area contributed by atoms with Crippen LogP contribution in [0.5, 0.6) is 0 Å². The van der Waals surface area contributed by atoms with Crippen LogP contribution in [0.2, 0.25) is 0 Å². The van der Waals surface area contributed by atoms with Gasteiger partial charge in [-0.25, -0.2) is 23.1 Å². The Morgan fingerprint density at radius 1 is 0.908 bits per heavy atom. The van der Waals surface area contributed by atoms with Gasteiger partial charge in [0.2, 0.25) is 15.8 Å². The van der Waals surface area contributed by atoms with Crippen molar-refractivity contribution in [1.29, 1.82) is 0 Å². The number of aryl methyl sites for hydroxylation is 1. The lowest BCUT2D eigenvalue weighted by Gasteiger charge is -2.61. The van der Waals surface area contributed by atoms with Gasteiger partial charge in [0.1, 0.15) is 17.1 Å².